The molecule has 2 rings (SSSR count). The first-order chi connectivity index (χ1) is 5.64. The number of carbonyl (C=O) groups excluding carboxylic acids is 2. The van der Waals surface area contributed by atoms with Crippen molar-refractivity contribution in [3.05, 3.63) is 0 Å². The van der Waals surface area contributed by atoms with E-state index >= 15 is 0 Å². The van der Waals surface area contributed by atoms with Gasteiger partial charge in [-0.1, -0.05) is 0 Å². The summed E-state index contributed by atoms with van der Waals surface area (Å²) >= 11 is 0. The molecule has 0 aromatic rings. The Kier molecular flexibility index (Phi) is 1.50. The van der Waals surface area contributed by atoms with E-state index in [1.807, 2.05) is 7.05 Å². The van der Waals surface area contributed by atoms with Crippen molar-refractivity contribution in [1.29, 1.82) is 0 Å². The van der Waals surface area contributed by atoms with Crippen LogP contribution in [0.25, 0.3) is 0 Å². The minimum absolute atomic E-state index is 0.00551. The van der Waals surface area contributed by atoms with Crippen LogP contribution >= 0.6 is 0 Å². The lowest BCUT2D eigenvalue weighted by Crippen LogP contribution is -2.58. The highest BCUT2D eigenvalue weighted by molar-refractivity contribution is 6.01. The molecule has 12 heavy (non-hydrogen) atoms. The number of Topliss-reactive ketones (excluding diaryl/α,β-unsaturated/α-hetero) is 1. The third-order valence-corrected chi connectivity index (χ3v) is 3.24. The SMILES string of the molecule is CN1C(=O)CC(=O)CC12CCC2. The van der Waals surface area contributed by atoms with Crippen molar-refractivity contribution in [1.82, 2.24) is 4.90 Å². The van der Waals surface area contributed by atoms with E-state index in [1.54, 1.807) is 4.90 Å². The molecule has 1 heterocycles. The highest BCUT2D eigenvalue weighted by Gasteiger charge is 2.47. The van der Waals surface area contributed by atoms with E-state index < -0.39 is 0 Å². The Morgan fingerprint density at radius 3 is 2.50 bits per heavy atom. The van der Waals surface area contributed by atoms with E-state index in [0.29, 0.717) is 6.42 Å². The van der Waals surface area contributed by atoms with Crippen molar-refractivity contribution in [3.63, 3.8) is 0 Å². The van der Waals surface area contributed by atoms with Crippen molar-refractivity contribution in [3.8, 4) is 0 Å². The summed E-state index contributed by atoms with van der Waals surface area (Å²) < 4.78 is 0. The molecule has 1 saturated heterocycles. The normalized spacial score (nSPS) is 27.6. The molecular weight excluding hydrogens is 154 g/mol. The molecule has 0 radical (unpaired) electrons. The van der Waals surface area contributed by atoms with Gasteiger partial charge in [-0.2, -0.15) is 0 Å². The van der Waals surface area contributed by atoms with Crippen LogP contribution in [0.4, 0.5) is 0 Å². The van der Waals surface area contributed by atoms with E-state index in [0.717, 1.165) is 19.3 Å². The molecule has 1 aliphatic heterocycles. The summed E-state index contributed by atoms with van der Waals surface area (Å²) in [6.45, 7) is 0. The van der Waals surface area contributed by atoms with Crippen LogP contribution in [0.2, 0.25) is 0 Å². The van der Waals surface area contributed by atoms with Crippen molar-refractivity contribution in [2.24, 2.45) is 0 Å². The van der Waals surface area contributed by atoms with Gasteiger partial charge in [0, 0.05) is 19.0 Å². The van der Waals surface area contributed by atoms with Crippen LogP contribution in [-0.2, 0) is 9.59 Å². The first kappa shape index (κ1) is 7.77. The molecule has 0 aromatic carbocycles. The maximum absolute atomic E-state index is 11.3. The predicted molar refractivity (Wildman–Crippen MR) is 43.6 cm³/mol. The quantitative estimate of drug-likeness (QED) is 0.499. The number of hydrogen-bond acceptors (Lipinski definition) is 2. The second-order valence-electron chi connectivity index (χ2n) is 3.92. The molecule has 1 amide bonds. The highest BCUT2D eigenvalue weighted by atomic mass is 16.2. The number of hydrogen-bond donors (Lipinski definition) is 0. The lowest BCUT2D eigenvalue weighted by atomic mass is 9.70. The zero-order valence-electron chi connectivity index (χ0n) is 7.30. The van der Waals surface area contributed by atoms with Gasteiger partial charge >= 0.3 is 0 Å². The summed E-state index contributed by atoms with van der Waals surface area (Å²) in [5.74, 6) is 0.128. The molecule has 0 aromatic heterocycles. The Morgan fingerprint density at radius 2 is 2.00 bits per heavy atom. The zero-order chi connectivity index (χ0) is 8.77. The van der Waals surface area contributed by atoms with Crippen LogP contribution in [0.15, 0.2) is 0 Å². The van der Waals surface area contributed by atoms with Crippen molar-refractivity contribution >= 4 is 11.7 Å². The average Bonchev–Trinajstić information content (AvgIpc) is 1.93. The van der Waals surface area contributed by atoms with Gasteiger partial charge in [0.2, 0.25) is 5.91 Å². The maximum atomic E-state index is 11.3. The lowest BCUT2D eigenvalue weighted by Gasteiger charge is -2.50. The van der Waals surface area contributed by atoms with Gasteiger partial charge in [0.25, 0.3) is 0 Å². The Labute approximate surface area is 71.7 Å². The minimum Gasteiger partial charge on any atom is -0.339 e. The predicted octanol–water partition coefficient (Wildman–Crippen LogP) is 0.730. The largest absolute Gasteiger partial charge is 0.339 e. The fourth-order valence-electron chi connectivity index (χ4n) is 2.20. The van der Waals surface area contributed by atoms with E-state index in [4.69, 9.17) is 0 Å². The van der Waals surface area contributed by atoms with Gasteiger partial charge in [-0.05, 0) is 19.3 Å². The molecule has 3 nitrogen and oxygen atoms in total. The molecule has 0 bridgehead atoms. The Morgan fingerprint density at radius 1 is 1.33 bits per heavy atom. The molecule has 2 fully saturated rings. The van der Waals surface area contributed by atoms with Gasteiger partial charge in [-0.15, -0.1) is 0 Å². The minimum atomic E-state index is -0.0631. The van der Waals surface area contributed by atoms with Gasteiger partial charge in [-0.25, -0.2) is 0 Å². The number of carbonyl (C=O) groups is 2. The Balaban J connectivity index is 2.21. The monoisotopic (exact) mass is 167 g/mol. The molecule has 0 atom stereocenters. The molecule has 2 aliphatic rings. The number of rotatable bonds is 0. The van der Waals surface area contributed by atoms with Crippen LogP contribution in [0.3, 0.4) is 0 Å². The molecule has 1 saturated carbocycles. The van der Waals surface area contributed by atoms with Crippen molar-refractivity contribution < 1.29 is 9.59 Å². The molecule has 1 spiro atoms. The van der Waals surface area contributed by atoms with E-state index in [9.17, 15) is 9.59 Å². The number of nitrogens with zero attached hydrogens (tertiary/aromatic N) is 1. The summed E-state index contributed by atoms with van der Waals surface area (Å²) in [7, 11) is 1.83. The first-order valence-corrected chi connectivity index (χ1v) is 4.42. The second-order valence-corrected chi connectivity index (χ2v) is 3.92. The van der Waals surface area contributed by atoms with Crippen molar-refractivity contribution in [2.75, 3.05) is 7.05 Å². The molecule has 66 valence electrons. The van der Waals surface area contributed by atoms with Gasteiger partial charge in [0.15, 0.2) is 0 Å². The van der Waals surface area contributed by atoms with Crippen molar-refractivity contribution in [2.45, 2.75) is 37.6 Å². The third kappa shape index (κ3) is 0.886. The topological polar surface area (TPSA) is 37.4 Å². The Bertz CT molecular complexity index is 243. The summed E-state index contributed by atoms with van der Waals surface area (Å²) in [4.78, 5) is 24.3. The smallest absolute Gasteiger partial charge is 0.230 e. The number of likely N-dealkylation sites (tertiary alicyclic amines) is 1. The summed E-state index contributed by atoms with van der Waals surface area (Å²) in [5, 5.41) is 0. The molecule has 0 N–H and O–H groups in total. The van der Waals surface area contributed by atoms with Crippen LogP contribution in [0.5, 0.6) is 0 Å². The average molecular weight is 167 g/mol. The first-order valence-electron chi connectivity index (χ1n) is 4.42. The second kappa shape index (κ2) is 2.31. The van der Waals surface area contributed by atoms with Crippen LogP contribution < -0.4 is 0 Å². The lowest BCUT2D eigenvalue weighted by molar-refractivity contribution is -0.150. The number of piperidine rings is 1. The van der Waals surface area contributed by atoms with Crippen LogP contribution in [-0.4, -0.2) is 29.2 Å². The third-order valence-electron chi connectivity index (χ3n) is 3.24. The molecule has 0 unspecified atom stereocenters. The molecular formula is C9H13NO2. The van der Waals surface area contributed by atoms with E-state index in [2.05, 4.69) is 0 Å². The molecule has 3 heteroatoms. The highest BCUT2D eigenvalue weighted by Crippen LogP contribution is 2.42. The van der Waals surface area contributed by atoms with Gasteiger partial charge in [0.05, 0.1) is 6.42 Å². The molecule has 1 aliphatic carbocycles. The number of ketones is 1. The van der Waals surface area contributed by atoms with Gasteiger partial charge in [0.1, 0.15) is 5.78 Å². The summed E-state index contributed by atoms with van der Waals surface area (Å²) in [6, 6.07) is 0. The fourth-order valence-corrected chi connectivity index (χ4v) is 2.20. The summed E-state index contributed by atoms with van der Waals surface area (Å²) in [5.41, 5.74) is -0.0631. The van der Waals surface area contributed by atoms with Gasteiger partial charge < -0.3 is 4.90 Å². The zero-order valence-corrected chi connectivity index (χ0v) is 7.30. The van der Waals surface area contributed by atoms with Crippen LogP contribution in [0.1, 0.15) is 32.1 Å². The summed E-state index contributed by atoms with van der Waals surface area (Å²) in [6.07, 6.45) is 3.90. The maximum Gasteiger partial charge on any atom is 0.230 e. The fraction of sp³-hybridized carbons (Fsp3) is 0.778. The van der Waals surface area contributed by atoms with Gasteiger partial charge in [-0.3, -0.25) is 9.59 Å². The Hall–Kier alpha value is -0.860. The standard InChI is InChI=1S/C9H13NO2/c1-10-8(12)5-7(11)6-9(10)3-2-4-9/h2-6H2,1H3. The van der Waals surface area contributed by atoms with E-state index in [1.165, 1.54) is 0 Å². The van der Waals surface area contributed by atoms with Crippen LogP contribution in [0, 0.1) is 0 Å². The number of amides is 1. The van der Waals surface area contributed by atoms with E-state index in [-0.39, 0.29) is 23.7 Å².